The molecule has 3 N–H and O–H groups in total. The topological polar surface area (TPSA) is 108 Å². The molecule has 0 aromatic carbocycles. The Morgan fingerprint density at radius 1 is 1.76 bits per heavy atom. The fourth-order valence-electron chi connectivity index (χ4n) is 1.66. The number of carbonyl (C=O) groups is 1. The predicted molar refractivity (Wildman–Crippen MR) is 59.0 cm³/mol. The maximum atomic E-state index is 12.1. The zero-order valence-corrected chi connectivity index (χ0v) is 9.43. The number of morpholine rings is 1. The van der Waals surface area contributed by atoms with Gasteiger partial charge in [-0.2, -0.15) is 10.4 Å². The number of aromatic amines is 1. The van der Waals surface area contributed by atoms with E-state index < -0.39 is 6.10 Å². The normalized spacial score (nSPS) is 20.0. The Hall–Kier alpha value is -2.07. The quantitative estimate of drug-likeness (QED) is 0.692. The smallest absolute Gasteiger partial charge is 0.276 e. The van der Waals surface area contributed by atoms with E-state index in [0.29, 0.717) is 24.5 Å². The molecule has 1 aliphatic rings. The van der Waals surface area contributed by atoms with Gasteiger partial charge in [-0.3, -0.25) is 9.89 Å². The Kier molecular flexibility index (Phi) is 2.97. The number of nitrogens with zero attached hydrogens (tertiary/aromatic N) is 3. The lowest BCUT2D eigenvalue weighted by molar-refractivity contribution is 0.00324. The molecule has 1 unspecified atom stereocenters. The number of amides is 1. The van der Waals surface area contributed by atoms with E-state index in [1.54, 1.807) is 6.92 Å². The molecule has 1 aromatic heterocycles. The number of H-pyrrole nitrogens is 1. The lowest BCUT2D eigenvalue weighted by Gasteiger charge is -2.29. The molecule has 1 aromatic rings. The van der Waals surface area contributed by atoms with Gasteiger partial charge in [0, 0.05) is 6.54 Å². The predicted octanol–water partition coefficient (Wildman–Crippen LogP) is -0.335. The highest BCUT2D eigenvalue weighted by Crippen LogP contribution is 2.16. The molecule has 1 fully saturated rings. The van der Waals surface area contributed by atoms with E-state index in [0.717, 1.165) is 0 Å². The molecule has 1 atom stereocenters. The van der Waals surface area contributed by atoms with E-state index in [4.69, 9.17) is 15.7 Å². The fourth-order valence-corrected chi connectivity index (χ4v) is 1.66. The van der Waals surface area contributed by atoms with Gasteiger partial charge in [-0.1, -0.05) is 0 Å². The Morgan fingerprint density at radius 2 is 2.53 bits per heavy atom. The van der Waals surface area contributed by atoms with Crippen LogP contribution in [0.1, 0.15) is 16.2 Å². The van der Waals surface area contributed by atoms with Crippen LogP contribution in [-0.4, -0.2) is 46.8 Å². The van der Waals surface area contributed by atoms with Crippen LogP contribution in [0.4, 0.5) is 5.69 Å². The summed E-state index contributed by atoms with van der Waals surface area (Å²) < 4.78 is 5.16. The van der Waals surface area contributed by atoms with Gasteiger partial charge in [-0.25, -0.2) is 0 Å². The van der Waals surface area contributed by atoms with Crippen molar-refractivity contribution in [1.82, 2.24) is 15.1 Å². The van der Waals surface area contributed by atoms with Gasteiger partial charge in [-0.05, 0) is 6.92 Å². The molecule has 0 radical (unpaired) electrons. The highest BCUT2D eigenvalue weighted by molar-refractivity contribution is 5.97. The second-order valence-electron chi connectivity index (χ2n) is 3.85. The SMILES string of the molecule is Cc1[nH]nc(C(=O)N2CCOC(C#N)C2)c1N. The van der Waals surface area contributed by atoms with Crippen molar-refractivity contribution in [1.29, 1.82) is 5.26 Å². The highest BCUT2D eigenvalue weighted by atomic mass is 16.5. The first-order chi connectivity index (χ1) is 8.13. The van der Waals surface area contributed by atoms with Gasteiger partial charge in [0.25, 0.3) is 5.91 Å². The summed E-state index contributed by atoms with van der Waals surface area (Å²) in [6.45, 7) is 2.80. The van der Waals surface area contributed by atoms with E-state index >= 15 is 0 Å². The summed E-state index contributed by atoms with van der Waals surface area (Å²) in [5.74, 6) is -0.268. The molecule has 0 saturated carbocycles. The summed E-state index contributed by atoms with van der Waals surface area (Å²) in [6.07, 6.45) is -0.575. The maximum Gasteiger partial charge on any atom is 0.276 e. The minimum absolute atomic E-state index is 0.209. The average molecular weight is 235 g/mol. The molecule has 7 nitrogen and oxygen atoms in total. The summed E-state index contributed by atoms with van der Waals surface area (Å²) in [4.78, 5) is 13.6. The number of nitrogens with two attached hydrogens (primary N) is 1. The second-order valence-corrected chi connectivity index (χ2v) is 3.85. The molecule has 0 bridgehead atoms. The Bertz CT molecular complexity index is 476. The molecule has 1 aliphatic heterocycles. The number of rotatable bonds is 1. The number of nitrogens with one attached hydrogen (secondary N) is 1. The van der Waals surface area contributed by atoms with Crippen molar-refractivity contribution in [3.8, 4) is 6.07 Å². The van der Waals surface area contributed by atoms with Gasteiger partial charge in [0.15, 0.2) is 11.8 Å². The number of aromatic nitrogens is 2. The largest absolute Gasteiger partial charge is 0.395 e. The third-order valence-electron chi connectivity index (χ3n) is 2.69. The van der Waals surface area contributed by atoms with Gasteiger partial charge in [-0.15, -0.1) is 0 Å². The molecule has 0 spiro atoms. The lowest BCUT2D eigenvalue weighted by atomic mass is 10.2. The molecule has 2 heterocycles. The van der Waals surface area contributed by atoms with Gasteiger partial charge in [0.1, 0.15) is 0 Å². The first kappa shape index (κ1) is 11.4. The van der Waals surface area contributed by atoms with Crippen LogP contribution in [0.15, 0.2) is 0 Å². The van der Waals surface area contributed by atoms with E-state index in [9.17, 15) is 4.79 Å². The molecule has 17 heavy (non-hydrogen) atoms. The van der Waals surface area contributed by atoms with Crippen molar-refractivity contribution >= 4 is 11.6 Å². The Morgan fingerprint density at radius 3 is 3.12 bits per heavy atom. The van der Waals surface area contributed by atoms with Gasteiger partial charge in [0.2, 0.25) is 0 Å². The van der Waals surface area contributed by atoms with Gasteiger partial charge >= 0.3 is 0 Å². The fraction of sp³-hybridized carbons (Fsp3) is 0.500. The van der Waals surface area contributed by atoms with E-state index in [1.165, 1.54) is 4.90 Å². The molecule has 7 heteroatoms. The molecule has 2 rings (SSSR count). The van der Waals surface area contributed by atoms with Crippen molar-refractivity contribution < 1.29 is 9.53 Å². The minimum Gasteiger partial charge on any atom is -0.395 e. The molecule has 0 aliphatic carbocycles. The summed E-state index contributed by atoms with van der Waals surface area (Å²) in [5.41, 5.74) is 6.97. The number of anilines is 1. The zero-order valence-electron chi connectivity index (χ0n) is 9.43. The number of nitriles is 1. The number of nitrogen functional groups attached to an aromatic ring is 1. The van der Waals surface area contributed by atoms with Crippen LogP contribution in [-0.2, 0) is 4.74 Å². The van der Waals surface area contributed by atoms with Crippen molar-refractivity contribution in [3.05, 3.63) is 11.4 Å². The van der Waals surface area contributed by atoms with E-state index in [1.807, 2.05) is 6.07 Å². The number of carbonyl (C=O) groups excluding carboxylic acids is 1. The second kappa shape index (κ2) is 4.43. The first-order valence-corrected chi connectivity index (χ1v) is 5.24. The first-order valence-electron chi connectivity index (χ1n) is 5.24. The van der Waals surface area contributed by atoms with Crippen LogP contribution < -0.4 is 5.73 Å². The van der Waals surface area contributed by atoms with Crippen LogP contribution in [0, 0.1) is 18.3 Å². The monoisotopic (exact) mass is 235 g/mol. The standard InChI is InChI=1S/C10H13N5O2/c1-6-8(12)9(14-13-6)10(16)15-2-3-17-7(4-11)5-15/h7H,2-3,5,12H2,1H3,(H,13,14). The summed E-state index contributed by atoms with van der Waals surface area (Å²) in [6, 6.07) is 1.98. The molecule has 90 valence electrons. The molecule has 1 amide bonds. The third-order valence-corrected chi connectivity index (χ3v) is 2.69. The minimum atomic E-state index is -0.575. The van der Waals surface area contributed by atoms with Gasteiger partial charge in [0.05, 0.1) is 30.6 Å². The molecular weight excluding hydrogens is 222 g/mol. The van der Waals surface area contributed by atoms with Crippen LogP contribution in [0.3, 0.4) is 0 Å². The molecule has 1 saturated heterocycles. The van der Waals surface area contributed by atoms with Crippen LogP contribution in [0.2, 0.25) is 0 Å². The van der Waals surface area contributed by atoms with Crippen LogP contribution in [0.5, 0.6) is 0 Å². The summed E-state index contributed by atoms with van der Waals surface area (Å²) in [7, 11) is 0. The number of hydrogen-bond acceptors (Lipinski definition) is 5. The summed E-state index contributed by atoms with van der Waals surface area (Å²) in [5, 5.41) is 15.3. The van der Waals surface area contributed by atoms with Crippen LogP contribution in [0.25, 0.3) is 0 Å². The van der Waals surface area contributed by atoms with E-state index in [-0.39, 0.29) is 18.1 Å². The average Bonchev–Trinajstić information content (AvgIpc) is 2.69. The zero-order chi connectivity index (χ0) is 12.4. The van der Waals surface area contributed by atoms with Crippen molar-refractivity contribution in [2.75, 3.05) is 25.4 Å². The van der Waals surface area contributed by atoms with Crippen molar-refractivity contribution in [3.63, 3.8) is 0 Å². The number of aryl methyl sites for hydroxylation is 1. The number of ether oxygens (including phenoxy) is 1. The Balaban J connectivity index is 2.15. The van der Waals surface area contributed by atoms with Crippen LogP contribution >= 0.6 is 0 Å². The lowest BCUT2D eigenvalue weighted by Crippen LogP contribution is -2.45. The van der Waals surface area contributed by atoms with E-state index in [2.05, 4.69) is 10.2 Å². The number of hydrogen-bond donors (Lipinski definition) is 2. The van der Waals surface area contributed by atoms with Crippen molar-refractivity contribution in [2.45, 2.75) is 13.0 Å². The molecular formula is C10H13N5O2. The highest BCUT2D eigenvalue weighted by Gasteiger charge is 2.27. The third kappa shape index (κ3) is 2.07. The Labute approximate surface area is 98.1 Å². The van der Waals surface area contributed by atoms with Gasteiger partial charge < -0.3 is 15.4 Å². The van der Waals surface area contributed by atoms with Crippen molar-refractivity contribution in [2.24, 2.45) is 0 Å². The summed E-state index contributed by atoms with van der Waals surface area (Å²) >= 11 is 0. The maximum absolute atomic E-state index is 12.1.